The van der Waals surface area contributed by atoms with Gasteiger partial charge in [0.1, 0.15) is 11.5 Å². The maximum Gasteiger partial charge on any atom is 0.122 e. The summed E-state index contributed by atoms with van der Waals surface area (Å²) < 4.78 is 5.99. The van der Waals surface area contributed by atoms with Crippen LogP contribution in [0.25, 0.3) is 0 Å². The Kier molecular flexibility index (Phi) is 3.89. The van der Waals surface area contributed by atoms with Gasteiger partial charge in [0.2, 0.25) is 0 Å². The maximum absolute atomic E-state index is 5.99. The smallest absolute Gasteiger partial charge is 0.122 e. The van der Waals surface area contributed by atoms with Gasteiger partial charge in [-0.2, -0.15) is 0 Å². The molecule has 2 rings (SSSR count). The van der Waals surface area contributed by atoms with Gasteiger partial charge in [-0.15, -0.1) is 0 Å². The first-order valence-electron chi connectivity index (χ1n) is 6.74. The molecule has 0 aliphatic heterocycles. The predicted octanol–water partition coefficient (Wildman–Crippen LogP) is 2.74. The van der Waals surface area contributed by atoms with E-state index in [1.807, 2.05) is 0 Å². The second-order valence-corrected chi connectivity index (χ2v) is 5.03. The number of rotatable bonds is 6. The molecule has 3 atom stereocenters. The van der Waals surface area contributed by atoms with E-state index in [1.165, 1.54) is 6.42 Å². The quantitative estimate of drug-likeness (QED) is 0.826. The molecule has 0 bridgehead atoms. The summed E-state index contributed by atoms with van der Waals surface area (Å²) in [6.07, 6.45) is 1.27. The lowest BCUT2D eigenvalue weighted by atomic mass is 10.2. The molecule has 96 valence electrons. The van der Waals surface area contributed by atoms with E-state index in [4.69, 9.17) is 10.2 Å². The number of nitrogens with two attached hydrogens (primary N) is 1. The summed E-state index contributed by atoms with van der Waals surface area (Å²) >= 11 is 0. The van der Waals surface area contributed by atoms with Crippen LogP contribution in [0.1, 0.15) is 50.7 Å². The van der Waals surface area contributed by atoms with E-state index >= 15 is 0 Å². The zero-order valence-corrected chi connectivity index (χ0v) is 11.1. The molecule has 1 heterocycles. The van der Waals surface area contributed by atoms with Gasteiger partial charge in [-0.25, -0.2) is 0 Å². The van der Waals surface area contributed by atoms with E-state index in [-0.39, 0.29) is 6.04 Å². The Morgan fingerprint density at radius 1 is 1.41 bits per heavy atom. The minimum atomic E-state index is 0.229. The van der Waals surface area contributed by atoms with Crippen LogP contribution in [0.5, 0.6) is 0 Å². The molecule has 3 unspecified atom stereocenters. The first-order chi connectivity index (χ1) is 8.21. The van der Waals surface area contributed by atoms with Gasteiger partial charge in [-0.05, 0) is 37.6 Å². The third kappa shape index (κ3) is 2.55. The molecule has 0 spiro atoms. The Hall–Kier alpha value is -0.800. The summed E-state index contributed by atoms with van der Waals surface area (Å²) in [5, 5.41) is 0. The molecule has 1 saturated carbocycles. The Morgan fingerprint density at radius 2 is 2.06 bits per heavy atom. The molecule has 17 heavy (non-hydrogen) atoms. The lowest BCUT2D eigenvalue weighted by Gasteiger charge is -2.26. The monoisotopic (exact) mass is 236 g/mol. The number of likely N-dealkylation sites (N-methyl/N-ethyl adjacent to an activating group) is 1. The van der Waals surface area contributed by atoms with Crippen LogP contribution in [0.2, 0.25) is 0 Å². The van der Waals surface area contributed by atoms with Crippen LogP contribution in [0.15, 0.2) is 16.5 Å². The van der Waals surface area contributed by atoms with Crippen molar-refractivity contribution in [3.05, 3.63) is 23.7 Å². The minimum Gasteiger partial charge on any atom is -0.464 e. The van der Waals surface area contributed by atoms with Crippen molar-refractivity contribution in [3.8, 4) is 0 Å². The third-order valence-electron chi connectivity index (χ3n) is 3.93. The first-order valence-corrected chi connectivity index (χ1v) is 6.74. The Bertz CT molecular complexity index is 357. The third-order valence-corrected chi connectivity index (χ3v) is 3.93. The van der Waals surface area contributed by atoms with Gasteiger partial charge in [-0.1, -0.05) is 20.8 Å². The lowest BCUT2D eigenvalue weighted by molar-refractivity contribution is 0.195. The molecule has 1 aliphatic rings. The molecule has 2 N–H and O–H groups in total. The summed E-state index contributed by atoms with van der Waals surface area (Å²) in [7, 11) is 0. The molecule has 1 fully saturated rings. The average molecular weight is 236 g/mol. The molecular formula is C14H24N2O. The second-order valence-electron chi connectivity index (χ2n) is 5.03. The molecule has 3 nitrogen and oxygen atoms in total. The largest absolute Gasteiger partial charge is 0.464 e. The van der Waals surface area contributed by atoms with E-state index in [0.29, 0.717) is 12.5 Å². The number of furan rings is 1. The highest BCUT2D eigenvalue weighted by atomic mass is 16.3. The van der Waals surface area contributed by atoms with Crippen molar-refractivity contribution in [2.45, 2.75) is 39.2 Å². The normalized spacial score (nSPS) is 25.2. The van der Waals surface area contributed by atoms with E-state index < -0.39 is 0 Å². The van der Waals surface area contributed by atoms with Crippen molar-refractivity contribution >= 4 is 0 Å². The molecular weight excluding hydrogens is 212 g/mol. The standard InChI is InChI=1S/C14H24N2O/c1-4-16(5-2)12(9-15)14-7-6-13(17-14)11-8-10(11)3/h6-7,10-12H,4-5,8-9,15H2,1-3H3. The van der Waals surface area contributed by atoms with Crippen LogP contribution in [0, 0.1) is 5.92 Å². The van der Waals surface area contributed by atoms with Gasteiger partial charge >= 0.3 is 0 Å². The van der Waals surface area contributed by atoms with Crippen molar-refractivity contribution in [2.24, 2.45) is 11.7 Å². The topological polar surface area (TPSA) is 42.4 Å². The van der Waals surface area contributed by atoms with Crippen molar-refractivity contribution in [1.29, 1.82) is 0 Å². The van der Waals surface area contributed by atoms with E-state index in [2.05, 4.69) is 37.8 Å². The molecule has 1 aliphatic carbocycles. The fourth-order valence-corrected chi connectivity index (χ4v) is 2.57. The van der Waals surface area contributed by atoms with Crippen molar-refractivity contribution in [2.75, 3.05) is 19.6 Å². The molecule has 1 aromatic heterocycles. The second kappa shape index (κ2) is 5.23. The van der Waals surface area contributed by atoms with Crippen LogP contribution >= 0.6 is 0 Å². The number of hydrogen-bond acceptors (Lipinski definition) is 3. The summed E-state index contributed by atoms with van der Waals surface area (Å²) in [6.45, 7) is 9.24. The zero-order chi connectivity index (χ0) is 12.4. The lowest BCUT2D eigenvalue weighted by Crippen LogP contribution is -2.33. The van der Waals surface area contributed by atoms with Crippen molar-refractivity contribution in [1.82, 2.24) is 4.90 Å². The van der Waals surface area contributed by atoms with Gasteiger partial charge in [0, 0.05) is 12.5 Å². The van der Waals surface area contributed by atoms with Gasteiger partial charge in [-0.3, -0.25) is 4.90 Å². The molecule has 0 amide bonds. The summed E-state index contributed by atoms with van der Waals surface area (Å²) in [4.78, 5) is 2.35. The van der Waals surface area contributed by atoms with Crippen LogP contribution in [-0.2, 0) is 0 Å². The minimum absolute atomic E-state index is 0.229. The van der Waals surface area contributed by atoms with Gasteiger partial charge < -0.3 is 10.2 Å². The van der Waals surface area contributed by atoms with Gasteiger partial charge in [0.25, 0.3) is 0 Å². The van der Waals surface area contributed by atoms with Crippen molar-refractivity contribution in [3.63, 3.8) is 0 Å². The van der Waals surface area contributed by atoms with E-state index in [0.717, 1.165) is 30.5 Å². The fourth-order valence-electron chi connectivity index (χ4n) is 2.57. The average Bonchev–Trinajstić information content (AvgIpc) is 2.89. The maximum atomic E-state index is 5.99. The Morgan fingerprint density at radius 3 is 2.53 bits per heavy atom. The van der Waals surface area contributed by atoms with Crippen LogP contribution < -0.4 is 5.73 Å². The SMILES string of the molecule is CCN(CC)C(CN)c1ccc(C2CC2C)o1. The Labute approximate surface area is 104 Å². The van der Waals surface area contributed by atoms with Crippen molar-refractivity contribution < 1.29 is 4.42 Å². The fraction of sp³-hybridized carbons (Fsp3) is 0.714. The van der Waals surface area contributed by atoms with Gasteiger partial charge in [0.15, 0.2) is 0 Å². The van der Waals surface area contributed by atoms with Gasteiger partial charge in [0.05, 0.1) is 6.04 Å². The first kappa shape index (κ1) is 12.7. The summed E-state index contributed by atoms with van der Waals surface area (Å²) in [5.74, 6) is 3.63. The van der Waals surface area contributed by atoms with Crippen LogP contribution in [-0.4, -0.2) is 24.5 Å². The predicted molar refractivity (Wildman–Crippen MR) is 69.9 cm³/mol. The highest BCUT2D eigenvalue weighted by molar-refractivity contribution is 5.19. The molecule has 3 heteroatoms. The molecule has 0 radical (unpaired) electrons. The molecule has 1 aromatic rings. The van der Waals surface area contributed by atoms with E-state index in [9.17, 15) is 0 Å². The number of hydrogen-bond donors (Lipinski definition) is 1. The summed E-state index contributed by atoms with van der Waals surface area (Å²) in [5.41, 5.74) is 5.88. The molecule has 0 aromatic carbocycles. The van der Waals surface area contributed by atoms with Crippen LogP contribution in [0.4, 0.5) is 0 Å². The number of nitrogens with zero attached hydrogens (tertiary/aromatic N) is 1. The highest BCUT2D eigenvalue weighted by Gasteiger charge is 2.37. The highest BCUT2D eigenvalue weighted by Crippen LogP contribution is 2.47. The summed E-state index contributed by atoms with van der Waals surface area (Å²) in [6, 6.07) is 4.47. The zero-order valence-electron chi connectivity index (χ0n) is 11.1. The molecule has 0 saturated heterocycles. The Balaban J connectivity index is 2.11. The van der Waals surface area contributed by atoms with E-state index in [1.54, 1.807) is 0 Å². The van der Waals surface area contributed by atoms with Crippen LogP contribution in [0.3, 0.4) is 0 Å².